The second kappa shape index (κ2) is 10.0. The number of hydrogen-bond acceptors (Lipinski definition) is 0. The number of halogens is 2. The number of rotatable bonds is 4. The van der Waals surface area contributed by atoms with E-state index < -0.39 is 19.1 Å². The van der Waals surface area contributed by atoms with Gasteiger partial charge in [0.25, 0.3) is 0 Å². The Balaban J connectivity index is 1.49. The summed E-state index contributed by atoms with van der Waals surface area (Å²) in [6.07, 6.45) is 2.89. The first-order valence-corrected chi connectivity index (χ1v) is 25.1. The summed E-state index contributed by atoms with van der Waals surface area (Å²) < 4.78 is 0.226. The summed E-state index contributed by atoms with van der Waals surface area (Å²) in [4.78, 5) is 0. The first-order valence-electron chi connectivity index (χ1n) is 14.1. The summed E-state index contributed by atoms with van der Waals surface area (Å²) in [5.41, 5.74) is 17.3. The summed E-state index contributed by atoms with van der Waals surface area (Å²) in [7, 11) is 14.2. The van der Waals surface area contributed by atoms with Crippen molar-refractivity contribution in [2.24, 2.45) is 0 Å². The van der Waals surface area contributed by atoms with Crippen LogP contribution in [0.15, 0.2) is 72.8 Å². The molecule has 0 aromatic heterocycles. The summed E-state index contributed by atoms with van der Waals surface area (Å²) in [5.74, 6) is 0. The molecule has 0 spiro atoms. The third-order valence-electron chi connectivity index (χ3n) is 8.75. The number of benzene rings is 4. The molecular weight excluding hydrogens is 682 g/mol. The Labute approximate surface area is 249 Å². The average Bonchev–Trinajstić information content (AvgIpc) is 3.45. The Morgan fingerprint density at radius 1 is 0.641 bits per heavy atom. The standard InChI is InChI=1S/C36H37.2ClH.Hf/c1-35(2,3)31-19-17-23(29-21-25-11-7-9-13-27(25)33(29)31)15-16-24-18-20-32(36(4,5)6)34-28-14-10-8-12-26(28)22-30(24)34;;;/h7-15,17-20H,16,21-22H2,1-6H3;2*1H;/q;;;+2/p-2. The summed E-state index contributed by atoms with van der Waals surface area (Å²) >= 11 is -2.92. The molecule has 0 saturated heterocycles. The first-order chi connectivity index (χ1) is 18.4. The average molecular weight is 719 g/mol. The Hall–Kier alpha value is -1.67. The second-order valence-corrected chi connectivity index (χ2v) is 26.2. The quantitative estimate of drug-likeness (QED) is 0.159. The molecule has 6 rings (SSSR count). The van der Waals surface area contributed by atoms with Gasteiger partial charge >= 0.3 is 251 Å². The van der Waals surface area contributed by atoms with Crippen molar-refractivity contribution in [3.63, 3.8) is 0 Å². The predicted molar refractivity (Wildman–Crippen MR) is 165 cm³/mol. The Morgan fingerprint density at radius 2 is 1.13 bits per heavy atom. The van der Waals surface area contributed by atoms with Gasteiger partial charge in [-0.05, 0) is 0 Å². The summed E-state index contributed by atoms with van der Waals surface area (Å²) in [6, 6.07) is 27.4. The molecule has 2 aliphatic carbocycles. The predicted octanol–water partition coefficient (Wildman–Crippen LogP) is 10.6. The molecule has 199 valence electrons. The molecule has 0 saturated carbocycles. The van der Waals surface area contributed by atoms with Gasteiger partial charge in [-0.1, -0.05) is 0 Å². The van der Waals surface area contributed by atoms with Gasteiger partial charge in [0.1, 0.15) is 0 Å². The minimum atomic E-state index is -2.92. The van der Waals surface area contributed by atoms with Crippen LogP contribution >= 0.6 is 17.2 Å². The molecular formula is C36H37Cl2Hf. The zero-order valence-corrected chi connectivity index (χ0v) is 29.0. The molecule has 4 aromatic rings. The van der Waals surface area contributed by atoms with Crippen LogP contribution in [0.25, 0.3) is 22.3 Å². The van der Waals surface area contributed by atoms with Crippen molar-refractivity contribution in [1.29, 1.82) is 0 Å². The van der Waals surface area contributed by atoms with Gasteiger partial charge in [0.15, 0.2) is 0 Å². The molecule has 3 heteroatoms. The molecule has 0 amide bonds. The first kappa shape index (κ1) is 27.5. The van der Waals surface area contributed by atoms with Crippen LogP contribution in [0.1, 0.15) is 89.7 Å². The zero-order valence-electron chi connectivity index (χ0n) is 23.9. The molecule has 0 nitrogen and oxygen atoms in total. The van der Waals surface area contributed by atoms with Crippen molar-refractivity contribution in [2.45, 2.75) is 75.3 Å². The van der Waals surface area contributed by atoms with Crippen molar-refractivity contribution in [1.82, 2.24) is 0 Å². The van der Waals surface area contributed by atoms with Gasteiger partial charge in [0, 0.05) is 0 Å². The zero-order chi connectivity index (χ0) is 27.7. The molecule has 4 aromatic carbocycles. The SMILES string of the molecule is CC(C)(C)c1ccc(C[CH](c2ccc(C(C)(C)C)c3c2Cc2ccccc2-3)[Hf]([Cl])[Cl])c2c1-c1ccccc1C2. The molecule has 39 heavy (non-hydrogen) atoms. The van der Waals surface area contributed by atoms with Crippen LogP contribution < -0.4 is 0 Å². The van der Waals surface area contributed by atoms with Gasteiger partial charge in [0.05, 0.1) is 0 Å². The van der Waals surface area contributed by atoms with Crippen LogP contribution in [0.3, 0.4) is 0 Å². The van der Waals surface area contributed by atoms with E-state index in [1.165, 1.54) is 66.8 Å². The molecule has 0 aliphatic heterocycles. The van der Waals surface area contributed by atoms with E-state index in [0.717, 1.165) is 19.3 Å². The van der Waals surface area contributed by atoms with Crippen molar-refractivity contribution in [3.05, 3.63) is 117 Å². The van der Waals surface area contributed by atoms with Crippen LogP contribution in [0, 0.1) is 0 Å². The molecule has 0 radical (unpaired) electrons. The molecule has 1 unspecified atom stereocenters. The van der Waals surface area contributed by atoms with Crippen LogP contribution in [0.5, 0.6) is 0 Å². The van der Waals surface area contributed by atoms with Gasteiger partial charge in [-0.25, -0.2) is 0 Å². The van der Waals surface area contributed by atoms with Gasteiger partial charge in [0.2, 0.25) is 0 Å². The molecule has 0 fully saturated rings. The van der Waals surface area contributed by atoms with E-state index in [2.05, 4.69) is 114 Å². The van der Waals surface area contributed by atoms with Crippen molar-refractivity contribution < 1.29 is 19.1 Å². The van der Waals surface area contributed by atoms with Gasteiger partial charge in [-0.2, -0.15) is 0 Å². The molecule has 0 bridgehead atoms. The van der Waals surface area contributed by atoms with E-state index in [4.69, 9.17) is 17.2 Å². The monoisotopic (exact) mass is 719 g/mol. The van der Waals surface area contributed by atoms with Crippen molar-refractivity contribution in [3.8, 4) is 22.3 Å². The van der Waals surface area contributed by atoms with Crippen LogP contribution in [-0.2, 0) is 49.2 Å². The third kappa shape index (κ3) is 4.81. The Bertz CT molecular complexity index is 1580. The van der Waals surface area contributed by atoms with E-state index in [-0.39, 0.29) is 14.5 Å². The fourth-order valence-electron chi connectivity index (χ4n) is 6.87. The fraction of sp³-hybridized carbons (Fsp3) is 0.333. The Morgan fingerprint density at radius 3 is 1.67 bits per heavy atom. The minimum absolute atomic E-state index is 0.0653. The van der Waals surface area contributed by atoms with E-state index >= 15 is 0 Å². The molecule has 1 atom stereocenters. The van der Waals surface area contributed by atoms with Gasteiger partial charge < -0.3 is 0 Å². The van der Waals surface area contributed by atoms with Crippen LogP contribution in [0.2, 0.25) is 0 Å². The number of hydrogen-bond donors (Lipinski definition) is 0. The van der Waals surface area contributed by atoms with Gasteiger partial charge in [-0.15, -0.1) is 0 Å². The Kier molecular flexibility index (Phi) is 7.05. The van der Waals surface area contributed by atoms with Crippen molar-refractivity contribution in [2.75, 3.05) is 0 Å². The van der Waals surface area contributed by atoms with Gasteiger partial charge in [-0.3, -0.25) is 0 Å². The van der Waals surface area contributed by atoms with E-state index in [1.54, 1.807) is 0 Å². The molecule has 0 N–H and O–H groups in total. The van der Waals surface area contributed by atoms with Crippen LogP contribution in [0.4, 0.5) is 0 Å². The van der Waals surface area contributed by atoms with E-state index in [1.807, 2.05) is 0 Å². The maximum absolute atomic E-state index is 7.09. The molecule has 2 aliphatic rings. The van der Waals surface area contributed by atoms with E-state index in [9.17, 15) is 0 Å². The second-order valence-electron chi connectivity index (χ2n) is 13.4. The molecule has 0 heterocycles. The summed E-state index contributed by atoms with van der Waals surface area (Å²) in [6.45, 7) is 14.0. The topological polar surface area (TPSA) is 0 Å². The third-order valence-corrected chi connectivity index (χ3v) is 16.8. The van der Waals surface area contributed by atoms with E-state index in [0.29, 0.717) is 0 Å². The van der Waals surface area contributed by atoms with Crippen LogP contribution in [-0.4, -0.2) is 0 Å². The fourth-order valence-corrected chi connectivity index (χ4v) is 13.2. The maximum atomic E-state index is 7.09. The number of fused-ring (bicyclic) bond motifs is 6. The van der Waals surface area contributed by atoms with Crippen molar-refractivity contribution >= 4 is 17.2 Å². The normalized spacial score (nSPS) is 14.5. The summed E-state index contributed by atoms with van der Waals surface area (Å²) in [5, 5.41) is 0.